The highest BCUT2D eigenvalue weighted by atomic mass is 16.5. The van der Waals surface area contributed by atoms with E-state index in [1.807, 2.05) is 28.8 Å². The second-order valence-electron chi connectivity index (χ2n) is 5.35. The lowest BCUT2D eigenvalue weighted by atomic mass is 10.3. The second kappa shape index (κ2) is 7.16. The summed E-state index contributed by atoms with van der Waals surface area (Å²) in [6.07, 6.45) is 3.95. The number of hydrogen-bond acceptors (Lipinski definition) is 6. The summed E-state index contributed by atoms with van der Waals surface area (Å²) in [5.74, 6) is 1.62. The zero-order valence-electron chi connectivity index (χ0n) is 14.1. The average molecular weight is 327 g/mol. The van der Waals surface area contributed by atoms with Gasteiger partial charge in [-0.2, -0.15) is 9.97 Å². The Morgan fingerprint density at radius 3 is 2.71 bits per heavy atom. The van der Waals surface area contributed by atoms with Crippen LogP contribution < -0.4 is 14.8 Å². The van der Waals surface area contributed by atoms with Crippen LogP contribution in [0, 0.1) is 0 Å². The van der Waals surface area contributed by atoms with E-state index in [4.69, 9.17) is 9.47 Å². The number of methoxy groups -OCH3 is 2. The van der Waals surface area contributed by atoms with Crippen LogP contribution in [0.1, 0.15) is 19.8 Å². The Kier molecular flexibility index (Phi) is 4.79. The third-order valence-corrected chi connectivity index (χ3v) is 3.73. The van der Waals surface area contributed by atoms with Crippen molar-refractivity contribution < 1.29 is 9.47 Å². The van der Waals surface area contributed by atoms with Gasteiger partial charge in [-0.05, 0) is 18.6 Å². The lowest BCUT2D eigenvalue weighted by Gasteiger charge is -2.11. The molecule has 0 radical (unpaired) electrons. The van der Waals surface area contributed by atoms with Crippen LogP contribution in [-0.4, -0.2) is 33.7 Å². The summed E-state index contributed by atoms with van der Waals surface area (Å²) in [5, 5.41) is 3.20. The number of hydrogen-bond donors (Lipinski definition) is 1. The van der Waals surface area contributed by atoms with E-state index in [1.54, 1.807) is 20.5 Å². The van der Waals surface area contributed by atoms with Crippen molar-refractivity contribution in [1.82, 2.24) is 19.5 Å². The second-order valence-corrected chi connectivity index (χ2v) is 5.35. The Morgan fingerprint density at radius 2 is 1.96 bits per heavy atom. The van der Waals surface area contributed by atoms with E-state index in [1.165, 1.54) is 0 Å². The molecule has 1 aromatic carbocycles. The first-order valence-electron chi connectivity index (χ1n) is 7.93. The monoisotopic (exact) mass is 327 g/mol. The summed E-state index contributed by atoms with van der Waals surface area (Å²) < 4.78 is 12.8. The number of ether oxygens (including phenoxy) is 2. The molecule has 0 aliphatic heterocycles. The summed E-state index contributed by atoms with van der Waals surface area (Å²) in [6, 6.07) is 7.62. The number of rotatable bonds is 7. The van der Waals surface area contributed by atoms with Crippen molar-refractivity contribution in [3.05, 3.63) is 30.6 Å². The van der Waals surface area contributed by atoms with Gasteiger partial charge in [0.2, 0.25) is 11.8 Å². The Labute approximate surface area is 140 Å². The van der Waals surface area contributed by atoms with E-state index in [9.17, 15) is 0 Å². The largest absolute Gasteiger partial charge is 0.495 e. The van der Waals surface area contributed by atoms with E-state index >= 15 is 0 Å². The molecule has 7 nitrogen and oxygen atoms in total. The van der Waals surface area contributed by atoms with Crippen LogP contribution in [0.5, 0.6) is 11.6 Å². The van der Waals surface area contributed by atoms with Crippen molar-refractivity contribution in [3.63, 3.8) is 0 Å². The van der Waals surface area contributed by atoms with Crippen molar-refractivity contribution in [2.24, 2.45) is 0 Å². The lowest BCUT2D eigenvalue weighted by Crippen LogP contribution is -2.04. The Morgan fingerprint density at radius 1 is 1.12 bits per heavy atom. The standard InChI is InChI=1S/C17H21N5O2/c1-4-5-10-22-11-18-14-15(22)20-17(21-16(14)24-3)19-12-8-6-7-9-13(12)23-2/h6-9,11H,4-5,10H2,1-3H3,(H,19,20,21). The number of para-hydroxylation sites is 2. The van der Waals surface area contributed by atoms with E-state index in [0.29, 0.717) is 17.3 Å². The molecule has 7 heteroatoms. The highest BCUT2D eigenvalue weighted by Crippen LogP contribution is 2.28. The summed E-state index contributed by atoms with van der Waals surface area (Å²) in [6.45, 7) is 3.02. The molecular formula is C17H21N5O2. The van der Waals surface area contributed by atoms with Gasteiger partial charge in [0.25, 0.3) is 0 Å². The Bertz CT molecular complexity index is 831. The van der Waals surface area contributed by atoms with Crippen molar-refractivity contribution in [1.29, 1.82) is 0 Å². The minimum absolute atomic E-state index is 0.446. The maximum atomic E-state index is 5.38. The molecule has 2 aromatic heterocycles. The number of nitrogens with zero attached hydrogens (tertiary/aromatic N) is 4. The maximum Gasteiger partial charge on any atom is 0.246 e. The maximum absolute atomic E-state index is 5.38. The van der Waals surface area contributed by atoms with E-state index in [2.05, 4.69) is 27.2 Å². The lowest BCUT2D eigenvalue weighted by molar-refractivity contribution is 0.402. The van der Waals surface area contributed by atoms with Crippen molar-refractivity contribution in [3.8, 4) is 11.6 Å². The first-order chi connectivity index (χ1) is 11.8. The van der Waals surface area contributed by atoms with Crippen LogP contribution in [0.4, 0.5) is 11.6 Å². The number of aromatic nitrogens is 4. The minimum atomic E-state index is 0.446. The molecule has 0 aliphatic rings. The number of fused-ring (bicyclic) bond motifs is 1. The molecule has 0 fully saturated rings. The van der Waals surface area contributed by atoms with Gasteiger partial charge < -0.3 is 19.4 Å². The highest BCUT2D eigenvalue weighted by molar-refractivity contribution is 5.78. The van der Waals surface area contributed by atoms with E-state index in [-0.39, 0.29) is 0 Å². The Hall–Kier alpha value is -2.83. The molecule has 0 spiro atoms. The molecule has 0 bridgehead atoms. The number of unbranched alkanes of at least 4 members (excludes halogenated alkanes) is 1. The van der Waals surface area contributed by atoms with Gasteiger partial charge in [0.05, 0.1) is 26.2 Å². The Balaban J connectivity index is 2.01. The molecule has 126 valence electrons. The molecule has 0 aliphatic carbocycles. The zero-order chi connectivity index (χ0) is 16.9. The molecule has 3 aromatic rings. The first-order valence-corrected chi connectivity index (χ1v) is 7.93. The van der Waals surface area contributed by atoms with Gasteiger partial charge >= 0.3 is 0 Å². The van der Waals surface area contributed by atoms with Crippen molar-refractivity contribution in [2.45, 2.75) is 26.3 Å². The fourth-order valence-corrected chi connectivity index (χ4v) is 2.48. The number of anilines is 2. The molecule has 1 N–H and O–H groups in total. The summed E-state index contributed by atoms with van der Waals surface area (Å²) in [4.78, 5) is 13.4. The van der Waals surface area contributed by atoms with Crippen molar-refractivity contribution >= 4 is 22.8 Å². The number of benzene rings is 1. The SMILES string of the molecule is CCCCn1cnc2c(OC)nc(Nc3ccccc3OC)nc21. The average Bonchev–Trinajstić information content (AvgIpc) is 3.02. The third-order valence-electron chi connectivity index (χ3n) is 3.73. The van der Waals surface area contributed by atoms with Gasteiger partial charge in [0.15, 0.2) is 11.2 Å². The molecule has 0 unspecified atom stereocenters. The van der Waals surface area contributed by atoms with Crippen LogP contribution in [0.15, 0.2) is 30.6 Å². The summed E-state index contributed by atoms with van der Waals surface area (Å²) in [7, 11) is 3.21. The van der Waals surface area contributed by atoms with Gasteiger partial charge in [-0.25, -0.2) is 4.98 Å². The third kappa shape index (κ3) is 3.10. The fraction of sp³-hybridized carbons (Fsp3) is 0.353. The van der Waals surface area contributed by atoms with Gasteiger partial charge in [0, 0.05) is 6.54 Å². The number of imidazole rings is 1. The normalized spacial score (nSPS) is 10.8. The van der Waals surface area contributed by atoms with E-state index < -0.39 is 0 Å². The van der Waals surface area contributed by atoms with Crippen LogP contribution >= 0.6 is 0 Å². The van der Waals surface area contributed by atoms with Gasteiger partial charge in [-0.3, -0.25) is 0 Å². The van der Waals surface area contributed by atoms with Gasteiger partial charge in [-0.1, -0.05) is 25.5 Å². The van der Waals surface area contributed by atoms with Crippen LogP contribution in [0.25, 0.3) is 11.2 Å². The molecular weight excluding hydrogens is 306 g/mol. The van der Waals surface area contributed by atoms with Gasteiger partial charge in [-0.15, -0.1) is 0 Å². The summed E-state index contributed by atoms with van der Waals surface area (Å²) >= 11 is 0. The predicted molar refractivity (Wildman–Crippen MR) is 93.1 cm³/mol. The number of nitrogens with one attached hydrogen (secondary N) is 1. The van der Waals surface area contributed by atoms with Crippen molar-refractivity contribution in [2.75, 3.05) is 19.5 Å². The molecule has 24 heavy (non-hydrogen) atoms. The molecule has 3 rings (SSSR count). The van der Waals surface area contributed by atoms with Crippen LogP contribution in [0.2, 0.25) is 0 Å². The van der Waals surface area contributed by atoms with Gasteiger partial charge in [0.1, 0.15) is 5.75 Å². The minimum Gasteiger partial charge on any atom is -0.495 e. The first kappa shape index (κ1) is 16.0. The summed E-state index contributed by atoms with van der Waals surface area (Å²) in [5.41, 5.74) is 2.22. The zero-order valence-corrected chi connectivity index (χ0v) is 14.1. The van der Waals surface area contributed by atoms with E-state index in [0.717, 1.165) is 36.5 Å². The molecule has 2 heterocycles. The molecule has 0 atom stereocenters. The topological polar surface area (TPSA) is 74.1 Å². The molecule has 0 saturated heterocycles. The number of aryl methyl sites for hydroxylation is 1. The smallest absolute Gasteiger partial charge is 0.246 e. The predicted octanol–water partition coefficient (Wildman–Crippen LogP) is 3.39. The van der Waals surface area contributed by atoms with Crippen LogP contribution in [-0.2, 0) is 6.54 Å². The van der Waals surface area contributed by atoms with Crippen LogP contribution in [0.3, 0.4) is 0 Å². The molecule has 0 saturated carbocycles. The quantitative estimate of drug-likeness (QED) is 0.717. The fourth-order valence-electron chi connectivity index (χ4n) is 2.48. The highest BCUT2D eigenvalue weighted by Gasteiger charge is 2.14. The molecule has 0 amide bonds.